The molecule has 33 heavy (non-hydrogen) atoms. The zero-order valence-electron chi connectivity index (χ0n) is 18.7. The number of nitrogens with zero attached hydrogens (tertiary/aromatic N) is 3. The molecule has 2 heterocycles. The van der Waals surface area contributed by atoms with E-state index in [0.29, 0.717) is 32.0 Å². The lowest BCUT2D eigenvalue weighted by Crippen LogP contribution is -2.44. The summed E-state index contributed by atoms with van der Waals surface area (Å²) in [5, 5.41) is 6.06. The zero-order chi connectivity index (χ0) is 23.0. The van der Waals surface area contributed by atoms with Gasteiger partial charge in [0.15, 0.2) is 0 Å². The summed E-state index contributed by atoms with van der Waals surface area (Å²) < 4.78 is 6.98. The molecule has 4 rings (SSSR count). The Morgan fingerprint density at radius 1 is 1.12 bits per heavy atom. The average molecular weight is 448 g/mol. The van der Waals surface area contributed by atoms with Crippen molar-refractivity contribution < 1.29 is 9.53 Å². The molecule has 0 bridgehead atoms. The third kappa shape index (κ3) is 6.50. The van der Waals surface area contributed by atoms with Crippen molar-refractivity contribution >= 4 is 11.7 Å². The van der Waals surface area contributed by atoms with Crippen molar-refractivity contribution in [3.8, 4) is 0 Å². The minimum absolute atomic E-state index is 0.152. The summed E-state index contributed by atoms with van der Waals surface area (Å²) in [6.45, 7) is 6.26. The van der Waals surface area contributed by atoms with Crippen LogP contribution < -0.4 is 16.3 Å². The quantitative estimate of drug-likeness (QED) is 0.582. The predicted octanol–water partition coefficient (Wildman–Crippen LogP) is 2.80. The van der Waals surface area contributed by atoms with Gasteiger partial charge in [-0.1, -0.05) is 42.0 Å². The Morgan fingerprint density at radius 2 is 1.91 bits per heavy atom. The Balaban J connectivity index is 1.43. The predicted molar refractivity (Wildman–Crippen MR) is 127 cm³/mol. The van der Waals surface area contributed by atoms with Crippen molar-refractivity contribution in [1.82, 2.24) is 19.8 Å². The number of aryl methyl sites for hydroxylation is 1. The van der Waals surface area contributed by atoms with Gasteiger partial charge in [0.2, 0.25) is 0 Å². The number of hydrogen-bond acceptors (Lipinski definition) is 5. The van der Waals surface area contributed by atoms with Crippen molar-refractivity contribution in [1.29, 1.82) is 0 Å². The first kappa shape index (κ1) is 22.7. The maximum Gasteiger partial charge on any atom is 0.347 e. The molecule has 172 valence electrons. The summed E-state index contributed by atoms with van der Waals surface area (Å²) in [4.78, 5) is 30.9. The van der Waals surface area contributed by atoms with Crippen molar-refractivity contribution in [2.24, 2.45) is 0 Å². The molecular weight excluding hydrogens is 418 g/mol. The highest BCUT2D eigenvalue weighted by atomic mass is 16.5. The highest BCUT2D eigenvalue weighted by Gasteiger charge is 2.20. The number of benzene rings is 2. The van der Waals surface area contributed by atoms with Crippen LogP contribution in [0.2, 0.25) is 0 Å². The number of amides is 2. The van der Waals surface area contributed by atoms with E-state index < -0.39 is 0 Å². The summed E-state index contributed by atoms with van der Waals surface area (Å²) in [6, 6.07) is 17.0. The molecule has 8 heteroatoms. The molecule has 2 N–H and O–H groups in total. The molecule has 0 radical (unpaired) electrons. The number of ether oxygens (including phenoxy) is 1. The Morgan fingerprint density at radius 3 is 2.67 bits per heavy atom. The van der Waals surface area contributed by atoms with Gasteiger partial charge in [-0.2, -0.15) is 0 Å². The number of aromatic nitrogens is 2. The molecule has 0 spiro atoms. The van der Waals surface area contributed by atoms with E-state index in [0.717, 1.165) is 24.2 Å². The van der Waals surface area contributed by atoms with E-state index in [1.54, 1.807) is 12.3 Å². The molecule has 1 fully saturated rings. The van der Waals surface area contributed by atoms with Crippen LogP contribution in [-0.2, 0) is 11.3 Å². The SMILES string of the molecule is Cc1ccc([C@H](CN2CCOCC2)NC(=O)Nc2cccc(Cn3cccnc3=O)c2)cc1. The number of carbonyl (C=O) groups excluding carboxylic acids is 1. The van der Waals surface area contributed by atoms with E-state index in [9.17, 15) is 9.59 Å². The van der Waals surface area contributed by atoms with Crippen LogP contribution in [0.15, 0.2) is 71.8 Å². The lowest BCUT2D eigenvalue weighted by atomic mass is 10.0. The molecule has 8 nitrogen and oxygen atoms in total. The number of nitrogens with one attached hydrogen (secondary N) is 2. The topological polar surface area (TPSA) is 88.5 Å². The first-order valence-electron chi connectivity index (χ1n) is 11.1. The van der Waals surface area contributed by atoms with Crippen molar-refractivity contribution in [2.45, 2.75) is 19.5 Å². The third-order valence-electron chi connectivity index (χ3n) is 5.65. The number of rotatable bonds is 7. The molecule has 1 aliphatic heterocycles. The Labute approximate surface area is 193 Å². The molecule has 1 saturated heterocycles. The molecule has 0 unspecified atom stereocenters. The summed E-state index contributed by atoms with van der Waals surface area (Å²) in [7, 11) is 0. The minimum atomic E-state index is -0.308. The molecule has 1 aliphatic rings. The van der Waals surface area contributed by atoms with Gasteiger partial charge in [-0.05, 0) is 36.2 Å². The Kier molecular flexibility index (Phi) is 7.49. The fourth-order valence-electron chi connectivity index (χ4n) is 3.85. The fraction of sp³-hybridized carbons (Fsp3) is 0.320. The number of urea groups is 1. The van der Waals surface area contributed by atoms with Gasteiger partial charge in [-0.25, -0.2) is 14.6 Å². The van der Waals surface area contributed by atoms with Gasteiger partial charge in [-0.3, -0.25) is 9.47 Å². The van der Waals surface area contributed by atoms with Gasteiger partial charge in [-0.15, -0.1) is 0 Å². The summed E-state index contributed by atoms with van der Waals surface area (Å²) in [5.74, 6) is 0. The van der Waals surface area contributed by atoms with Gasteiger partial charge in [0, 0.05) is 37.7 Å². The van der Waals surface area contributed by atoms with Gasteiger partial charge in [0.05, 0.1) is 25.8 Å². The summed E-state index contributed by atoms with van der Waals surface area (Å²) in [5.41, 5.74) is 3.49. The lowest BCUT2D eigenvalue weighted by Gasteiger charge is -2.31. The van der Waals surface area contributed by atoms with Crippen LogP contribution in [0.4, 0.5) is 10.5 Å². The van der Waals surface area contributed by atoms with Crippen LogP contribution >= 0.6 is 0 Å². The Hall–Kier alpha value is -3.49. The second kappa shape index (κ2) is 10.9. The molecule has 3 aromatic rings. The van der Waals surface area contributed by atoms with Crippen LogP contribution in [0.1, 0.15) is 22.7 Å². The van der Waals surface area contributed by atoms with Gasteiger partial charge >= 0.3 is 11.7 Å². The third-order valence-corrected chi connectivity index (χ3v) is 5.65. The standard InChI is InChI=1S/C25H29N5O3/c1-19-6-8-21(9-7-19)23(18-29-12-14-33-15-13-29)28-24(31)27-22-5-2-4-20(16-22)17-30-11-3-10-26-25(30)32/h2-11,16,23H,12-15,17-18H2,1H3,(H2,27,28,31)/t23-/m0/s1. The molecule has 0 aliphatic carbocycles. The van der Waals surface area contributed by atoms with Crippen LogP contribution in [0, 0.1) is 6.92 Å². The highest BCUT2D eigenvalue weighted by Crippen LogP contribution is 2.18. The monoisotopic (exact) mass is 447 g/mol. The highest BCUT2D eigenvalue weighted by molar-refractivity contribution is 5.89. The van der Waals surface area contributed by atoms with Crippen LogP contribution in [0.3, 0.4) is 0 Å². The van der Waals surface area contributed by atoms with Crippen LogP contribution in [0.25, 0.3) is 0 Å². The van der Waals surface area contributed by atoms with Gasteiger partial charge < -0.3 is 15.4 Å². The fourth-order valence-corrected chi connectivity index (χ4v) is 3.85. The molecule has 1 atom stereocenters. The second-order valence-electron chi connectivity index (χ2n) is 8.21. The van der Waals surface area contributed by atoms with E-state index >= 15 is 0 Å². The first-order chi connectivity index (χ1) is 16.1. The van der Waals surface area contributed by atoms with E-state index in [-0.39, 0.29) is 17.8 Å². The number of hydrogen-bond donors (Lipinski definition) is 2. The molecule has 2 aromatic carbocycles. The number of morpholine rings is 1. The summed E-state index contributed by atoms with van der Waals surface area (Å²) >= 11 is 0. The van der Waals surface area contributed by atoms with E-state index in [1.807, 2.05) is 31.2 Å². The largest absolute Gasteiger partial charge is 0.379 e. The first-order valence-corrected chi connectivity index (χ1v) is 11.1. The lowest BCUT2D eigenvalue weighted by molar-refractivity contribution is 0.0340. The van der Waals surface area contributed by atoms with Gasteiger partial charge in [0.25, 0.3) is 0 Å². The van der Waals surface area contributed by atoms with Crippen molar-refractivity contribution in [3.05, 3.63) is 94.2 Å². The second-order valence-corrected chi connectivity index (χ2v) is 8.21. The maximum absolute atomic E-state index is 12.9. The van der Waals surface area contributed by atoms with Crippen LogP contribution in [0.5, 0.6) is 0 Å². The number of carbonyl (C=O) groups is 1. The van der Waals surface area contributed by atoms with E-state index in [4.69, 9.17) is 4.74 Å². The van der Waals surface area contributed by atoms with Crippen LogP contribution in [-0.4, -0.2) is 53.3 Å². The minimum Gasteiger partial charge on any atom is -0.379 e. The molecular formula is C25H29N5O3. The zero-order valence-corrected chi connectivity index (χ0v) is 18.7. The summed E-state index contributed by atoms with van der Waals surface area (Å²) in [6.07, 6.45) is 3.17. The van der Waals surface area contributed by atoms with Crippen molar-refractivity contribution in [2.75, 3.05) is 38.2 Å². The molecule has 0 saturated carbocycles. The smallest absolute Gasteiger partial charge is 0.347 e. The maximum atomic E-state index is 12.9. The molecule has 1 aromatic heterocycles. The van der Waals surface area contributed by atoms with E-state index in [1.165, 1.54) is 16.3 Å². The van der Waals surface area contributed by atoms with Gasteiger partial charge in [0.1, 0.15) is 0 Å². The average Bonchev–Trinajstić information content (AvgIpc) is 2.82. The number of anilines is 1. The van der Waals surface area contributed by atoms with E-state index in [2.05, 4.69) is 44.8 Å². The van der Waals surface area contributed by atoms with Crippen molar-refractivity contribution in [3.63, 3.8) is 0 Å². The normalized spacial score (nSPS) is 15.1. The Bertz CT molecular complexity index is 1120. The molecule has 2 amide bonds.